The third-order valence-corrected chi connectivity index (χ3v) is 2.64. The van der Waals surface area contributed by atoms with Crippen LogP contribution in [0.2, 0.25) is 5.15 Å². The van der Waals surface area contributed by atoms with E-state index in [1.165, 1.54) is 0 Å². The Morgan fingerprint density at radius 3 is 2.93 bits per heavy atom. The Kier molecular flexibility index (Phi) is 5.08. The van der Waals surface area contributed by atoms with Crippen LogP contribution < -0.4 is 5.32 Å². The maximum absolute atomic E-state index is 9.05. The molecule has 0 fully saturated rings. The average molecular weight is 232 g/mol. The number of hydrogen-bond acceptors (Lipinski definition) is 3. The normalized spacial score (nSPS) is 13.1. The lowest BCUT2D eigenvalue weighted by molar-refractivity contribution is 0.181. The molecule has 1 aromatic heterocycles. The summed E-state index contributed by atoms with van der Waals surface area (Å²) in [5.41, 5.74) is 0. The van der Waals surface area contributed by atoms with Crippen LogP contribution in [0.3, 0.4) is 0 Å². The lowest BCUT2D eigenvalue weighted by atomic mass is 10.2. The molecule has 5 heteroatoms. The van der Waals surface area contributed by atoms with E-state index < -0.39 is 0 Å². The Bertz CT molecular complexity index is 299. The molecule has 0 saturated carbocycles. The molecule has 1 aromatic rings. The highest BCUT2D eigenvalue weighted by molar-refractivity contribution is 6.29. The van der Waals surface area contributed by atoms with E-state index in [2.05, 4.69) is 10.3 Å². The standard InChI is InChI=1S/C10H18ClN3O/c1-8(15)4-3-5-12-7-10-13-6-9(11)14(10)2/h6,8,12,15H,3-5,7H2,1-2H3. The first-order valence-electron chi connectivity index (χ1n) is 5.16. The van der Waals surface area contributed by atoms with Crippen molar-refractivity contribution in [2.75, 3.05) is 6.54 Å². The molecule has 0 saturated heterocycles. The Morgan fingerprint density at radius 1 is 1.67 bits per heavy atom. The number of nitrogens with one attached hydrogen (secondary N) is 1. The van der Waals surface area contributed by atoms with E-state index in [-0.39, 0.29) is 6.10 Å². The number of halogens is 1. The number of imidazole rings is 1. The van der Waals surface area contributed by atoms with Crippen LogP contribution in [0.1, 0.15) is 25.6 Å². The van der Waals surface area contributed by atoms with Crippen molar-refractivity contribution in [2.24, 2.45) is 7.05 Å². The molecule has 15 heavy (non-hydrogen) atoms. The van der Waals surface area contributed by atoms with Crippen molar-refractivity contribution in [2.45, 2.75) is 32.4 Å². The fraction of sp³-hybridized carbons (Fsp3) is 0.700. The molecule has 2 N–H and O–H groups in total. The second-order valence-corrected chi connectivity index (χ2v) is 4.11. The number of aliphatic hydroxyl groups is 1. The quantitative estimate of drug-likeness (QED) is 0.727. The van der Waals surface area contributed by atoms with Crippen molar-refractivity contribution in [3.05, 3.63) is 17.2 Å². The van der Waals surface area contributed by atoms with Gasteiger partial charge in [0.1, 0.15) is 11.0 Å². The fourth-order valence-electron chi connectivity index (χ4n) is 1.31. The van der Waals surface area contributed by atoms with Crippen LogP contribution in [0.25, 0.3) is 0 Å². The number of hydrogen-bond donors (Lipinski definition) is 2. The molecular formula is C10H18ClN3O. The summed E-state index contributed by atoms with van der Waals surface area (Å²) in [4.78, 5) is 4.17. The van der Waals surface area contributed by atoms with Gasteiger partial charge in [0, 0.05) is 7.05 Å². The van der Waals surface area contributed by atoms with Gasteiger partial charge in [0.2, 0.25) is 0 Å². The van der Waals surface area contributed by atoms with Gasteiger partial charge in [0.15, 0.2) is 0 Å². The predicted molar refractivity (Wildman–Crippen MR) is 60.8 cm³/mol. The van der Waals surface area contributed by atoms with Gasteiger partial charge in [-0.2, -0.15) is 0 Å². The van der Waals surface area contributed by atoms with Crippen LogP contribution in [-0.2, 0) is 13.6 Å². The first kappa shape index (κ1) is 12.5. The smallest absolute Gasteiger partial charge is 0.128 e. The topological polar surface area (TPSA) is 50.1 Å². The number of nitrogens with zero attached hydrogens (tertiary/aromatic N) is 2. The summed E-state index contributed by atoms with van der Waals surface area (Å²) in [5.74, 6) is 0.928. The molecule has 1 atom stereocenters. The lowest BCUT2D eigenvalue weighted by Crippen LogP contribution is -2.18. The largest absolute Gasteiger partial charge is 0.393 e. The monoisotopic (exact) mass is 231 g/mol. The van der Waals surface area contributed by atoms with Crippen LogP contribution in [0.5, 0.6) is 0 Å². The van der Waals surface area contributed by atoms with E-state index >= 15 is 0 Å². The SMILES string of the molecule is CC(O)CCCNCc1ncc(Cl)n1C. The van der Waals surface area contributed by atoms with E-state index in [0.717, 1.165) is 25.2 Å². The summed E-state index contributed by atoms with van der Waals surface area (Å²) in [6.07, 6.45) is 3.23. The number of rotatable bonds is 6. The number of aliphatic hydroxyl groups excluding tert-OH is 1. The van der Waals surface area contributed by atoms with Crippen LogP contribution in [0.4, 0.5) is 0 Å². The Labute approximate surface area is 95.3 Å². The van der Waals surface area contributed by atoms with Gasteiger partial charge >= 0.3 is 0 Å². The van der Waals surface area contributed by atoms with E-state index in [0.29, 0.717) is 11.7 Å². The minimum Gasteiger partial charge on any atom is -0.393 e. The van der Waals surface area contributed by atoms with Gasteiger partial charge in [-0.1, -0.05) is 11.6 Å². The predicted octanol–water partition coefficient (Wildman–Crippen LogP) is 1.32. The maximum Gasteiger partial charge on any atom is 0.128 e. The molecule has 1 rings (SSSR count). The highest BCUT2D eigenvalue weighted by atomic mass is 35.5. The zero-order valence-electron chi connectivity index (χ0n) is 9.20. The molecule has 0 spiro atoms. The van der Waals surface area contributed by atoms with Crippen molar-refractivity contribution in [1.82, 2.24) is 14.9 Å². The number of aromatic nitrogens is 2. The van der Waals surface area contributed by atoms with Gasteiger partial charge in [-0.15, -0.1) is 0 Å². The van der Waals surface area contributed by atoms with E-state index in [4.69, 9.17) is 16.7 Å². The third-order valence-electron chi connectivity index (χ3n) is 2.29. The van der Waals surface area contributed by atoms with Crippen LogP contribution in [-0.4, -0.2) is 27.3 Å². The summed E-state index contributed by atoms with van der Waals surface area (Å²) in [6.45, 7) is 3.40. The minimum atomic E-state index is -0.214. The molecule has 0 bridgehead atoms. The van der Waals surface area contributed by atoms with E-state index in [1.807, 2.05) is 11.6 Å². The van der Waals surface area contributed by atoms with Crippen LogP contribution >= 0.6 is 11.6 Å². The van der Waals surface area contributed by atoms with Gasteiger partial charge in [0.25, 0.3) is 0 Å². The molecule has 1 unspecified atom stereocenters. The first-order chi connectivity index (χ1) is 7.11. The zero-order valence-corrected chi connectivity index (χ0v) is 9.96. The summed E-state index contributed by atoms with van der Waals surface area (Å²) in [6, 6.07) is 0. The summed E-state index contributed by atoms with van der Waals surface area (Å²) in [5, 5.41) is 13.0. The molecule has 4 nitrogen and oxygen atoms in total. The Balaban J connectivity index is 2.18. The molecule has 0 aliphatic heterocycles. The molecule has 86 valence electrons. The first-order valence-corrected chi connectivity index (χ1v) is 5.54. The second kappa shape index (κ2) is 6.10. The Hall–Kier alpha value is -0.580. The Morgan fingerprint density at radius 2 is 2.40 bits per heavy atom. The molecule has 1 heterocycles. The van der Waals surface area contributed by atoms with Crippen molar-refractivity contribution in [3.63, 3.8) is 0 Å². The fourth-order valence-corrected chi connectivity index (χ4v) is 1.46. The van der Waals surface area contributed by atoms with Crippen LogP contribution in [0.15, 0.2) is 6.20 Å². The van der Waals surface area contributed by atoms with Crippen molar-refractivity contribution in [1.29, 1.82) is 0 Å². The molecule has 0 aliphatic carbocycles. The molecule has 0 amide bonds. The van der Waals surface area contributed by atoms with E-state index in [9.17, 15) is 0 Å². The third kappa shape index (κ3) is 4.20. The van der Waals surface area contributed by atoms with Crippen molar-refractivity contribution < 1.29 is 5.11 Å². The molecule has 0 aromatic carbocycles. The van der Waals surface area contributed by atoms with Gasteiger partial charge in [0.05, 0.1) is 18.8 Å². The van der Waals surface area contributed by atoms with Gasteiger partial charge < -0.3 is 15.0 Å². The summed E-state index contributed by atoms with van der Waals surface area (Å²) in [7, 11) is 1.89. The molecule has 0 radical (unpaired) electrons. The molecule has 0 aliphatic rings. The highest BCUT2D eigenvalue weighted by Crippen LogP contribution is 2.08. The highest BCUT2D eigenvalue weighted by Gasteiger charge is 2.03. The molecular weight excluding hydrogens is 214 g/mol. The van der Waals surface area contributed by atoms with Crippen molar-refractivity contribution >= 4 is 11.6 Å². The van der Waals surface area contributed by atoms with Gasteiger partial charge in [-0.05, 0) is 26.3 Å². The lowest BCUT2D eigenvalue weighted by Gasteiger charge is -2.06. The van der Waals surface area contributed by atoms with E-state index in [1.54, 1.807) is 13.1 Å². The van der Waals surface area contributed by atoms with Gasteiger partial charge in [-0.25, -0.2) is 4.98 Å². The average Bonchev–Trinajstić information content (AvgIpc) is 2.48. The minimum absolute atomic E-state index is 0.214. The summed E-state index contributed by atoms with van der Waals surface area (Å²) >= 11 is 5.85. The van der Waals surface area contributed by atoms with Crippen molar-refractivity contribution in [3.8, 4) is 0 Å². The maximum atomic E-state index is 9.05. The van der Waals surface area contributed by atoms with Crippen LogP contribution in [0, 0.1) is 0 Å². The summed E-state index contributed by atoms with van der Waals surface area (Å²) < 4.78 is 1.85. The van der Waals surface area contributed by atoms with Gasteiger partial charge in [-0.3, -0.25) is 0 Å². The zero-order chi connectivity index (χ0) is 11.3. The second-order valence-electron chi connectivity index (χ2n) is 3.72.